The maximum Gasteiger partial charge on any atom is 0.263 e. The number of amides is 1. The minimum atomic E-state index is -0.235. The number of aryl methyl sites for hydroxylation is 1. The number of nitrogens with one attached hydrogen (secondary N) is 1. The van der Waals surface area contributed by atoms with Crippen LogP contribution in [0.1, 0.15) is 45.6 Å². The van der Waals surface area contributed by atoms with Gasteiger partial charge in [0.05, 0.1) is 12.7 Å². The predicted octanol–water partition coefficient (Wildman–Crippen LogP) is 1.88. The van der Waals surface area contributed by atoms with Crippen LogP contribution < -0.4 is 5.32 Å². The van der Waals surface area contributed by atoms with Crippen LogP contribution in [0.15, 0.2) is 18.6 Å². The third-order valence-corrected chi connectivity index (χ3v) is 3.80. The lowest BCUT2D eigenvalue weighted by Crippen LogP contribution is -2.24. The van der Waals surface area contributed by atoms with Crippen molar-refractivity contribution in [3.8, 4) is 0 Å². The second kappa shape index (κ2) is 6.42. The summed E-state index contributed by atoms with van der Waals surface area (Å²) >= 11 is 1.10. The molecule has 7 heteroatoms. The van der Waals surface area contributed by atoms with Crippen molar-refractivity contribution in [2.45, 2.75) is 33.4 Å². The molecule has 0 aliphatic heterocycles. The molecule has 0 saturated heterocycles. The molecule has 0 fully saturated rings. The molecule has 1 amide bonds. The lowest BCUT2D eigenvalue weighted by atomic mass is 10.4. The van der Waals surface area contributed by atoms with Gasteiger partial charge in [-0.1, -0.05) is 6.92 Å². The minimum absolute atomic E-state index is 0.132. The summed E-state index contributed by atoms with van der Waals surface area (Å²) in [6.07, 6.45) is 6.05. The molecule has 0 spiro atoms. The SMILES string of the molecule is CCCn1ccnc1CNC(=O)c1cnc(C(C)=O)s1. The Kier molecular flexibility index (Phi) is 4.62. The summed E-state index contributed by atoms with van der Waals surface area (Å²) in [5.74, 6) is 0.449. The standard InChI is InChI=1S/C13H16N4O2S/c1-3-5-17-6-4-14-11(17)8-15-12(19)10-7-16-13(20-10)9(2)18/h4,6-7H,3,5,8H2,1-2H3,(H,15,19). The highest BCUT2D eigenvalue weighted by molar-refractivity contribution is 7.15. The summed E-state index contributed by atoms with van der Waals surface area (Å²) in [6.45, 7) is 4.75. The second-order valence-corrected chi connectivity index (χ2v) is 5.34. The van der Waals surface area contributed by atoms with Crippen LogP contribution >= 0.6 is 11.3 Å². The quantitative estimate of drug-likeness (QED) is 0.825. The Morgan fingerprint density at radius 2 is 2.20 bits per heavy atom. The molecule has 0 saturated carbocycles. The maximum absolute atomic E-state index is 12.0. The van der Waals surface area contributed by atoms with Crippen molar-refractivity contribution in [3.63, 3.8) is 0 Å². The number of aromatic nitrogens is 3. The summed E-state index contributed by atoms with van der Waals surface area (Å²) in [5, 5.41) is 3.14. The van der Waals surface area contributed by atoms with Crippen molar-refractivity contribution in [1.29, 1.82) is 0 Å². The van der Waals surface area contributed by atoms with Gasteiger partial charge in [0.1, 0.15) is 10.7 Å². The van der Waals surface area contributed by atoms with Gasteiger partial charge in [-0.3, -0.25) is 9.59 Å². The largest absolute Gasteiger partial charge is 0.344 e. The van der Waals surface area contributed by atoms with E-state index in [-0.39, 0.29) is 11.7 Å². The van der Waals surface area contributed by atoms with E-state index in [4.69, 9.17) is 0 Å². The van der Waals surface area contributed by atoms with Crippen molar-refractivity contribution in [3.05, 3.63) is 34.3 Å². The first-order chi connectivity index (χ1) is 9.61. The molecule has 0 atom stereocenters. The van der Waals surface area contributed by atoms with E-state index < -0.39 is 0 Å². The highest BCUT2D eigenvalue weighted by atomic mass is 32.1. The zero-order chi connectivity index (χ0) is 14.5. The monoisotopic (exact) mass is 292 g/mol. The third-order valence-electron chi connectivity index (χ3n) is 2.70. The molecule has 2 rings (SSSR count). The molecule has 0 aromatic carbocycles. The molecular formula is C13H16N4O2S. The number of carbonyl (C=O) groups excluding carboxylic acids is 2. The third kappa shape index (κ3) is 3.30. The van der Waals surface area contributed by atoms with E-state index >= 15 is 0 Å². The fourth-order valence-corrected chi connectivity index (χ4v) is 2.47. The maximum atomic E-state index is 12.0. The number of ketones is 1. The summed E-state index contributed by atoms with van der Waals surface area (Å²) in [7, 11) is 0. The molecule has 2 aromatic rings. The number of rotatable bonds is 6. The van der Waals surface area contributed by atoms with Gasteiger partial charge in [-0.15, -0.1) is 11.3 Å². The molecule has 20 heavy (non-hydrogen) atoms. The number of hydrogen-bond acceptors (Lipinski definition) is 5. The second-order valence-electron chi connectivity index (χ2n) is 4.31. The molecule has 0 aliphatic carbocycles. The highest BCUT2D eigenvalue weighted by Gasteiger charge is 2.13. The minimum Gasteiger partial charge on any atom is -0.344 e. The number of nitrogens with zero attached hydrogens (tertiary/aromatic N) is 3. The number of thiazole rings is 1. The van der Waals surface area contributed by atoms with Gasteiger partial charge in [0.2, 0.25) is 0 Å². The number of carbonyl (C=O) groups is 2. The first kappa shape index (κ1) is 14.4. The van der Waals surface area contributed by atoms with Crippen LogP contribution in [0.3, 0.4) is 0 Å². The van der Waals surface area contributed by atoms with E-state index in [1.54, 1.807) is 6.20 Å². The fraction of sp³-hybridized carbons (Fsp3) is 0.385. The molecule has 0 unspecified atom stereocenters. The fourth-order valence-electron chi connectivity index (χ4n) is 1.74. The summed E-state index contributed by atoms with van der Waals surface area (Å²) in [4.78, 5) is 31.7. The van der Waals surface area contributed by atoms with Crippen LogP contribution in [0.25, 0.3) is 0 Å². The zero-order valence-electron chi connectivity index (χ0n) is 11.4. The Morgan fingerprint density at radius 3 is 2.85 bits per heavy atom. The molecule has 2 heterocycles. The van der Waals surface area contributed by atoms with E-state index in [9.17, 15) is 9.59 Å². The van der Waals surface area contributed by atoms with Crippen molar-refractivity contribution < 1.29 is 9.59 Å². The van der Waals surface area contributed by atoms with Crippen molar-refractivity contribution >= 4 is 23.0 Å². The molecule has 0 radical (unpaired) electrons. The van der Waals surface area contributed by atoms with Crippen LogP contribution in [0.5, 0.6) is 0 Å². The van der Waals surface area contributed by atoms with Crippen LogP contribution in [-0.4, -0.2) is 26.2 Å². The lowest BCUT2D eigenvalue weighted by molar-refractivity contribution is 0.0952. The molecule has 6 nitrogen and oxygen atoms in total. The Balaban J connectivity index is 1.97. The number of hydrogen-bond donors (Lipinski definition) is 1. The topological polar surface area (TPSA) is 76.9 Å². The molecule has 1 N–H and O–H groups in total. The van der Waals surface area contributed by atoms with Crippen molar-refractivity contribution in [1.82, 2.24) is 19.9 Å². The van der Waals surface area contributed by atoms with Gasteiger partial charge < -0.3 is 9.88 Å². The van der Waals surface area contributed by atoms with Crippen molar-refractivity contribution in [2.75, 3.05) is 0 Å². The highest BCUT2D eigenvalue weighted by Crippen LogP contribution is 2.13. The van der Waals surface area contributed by atoms with Gasteiger partial charge >= 0.3 is 0 Å². The Bertz CT molecular complexity index is 617. The normalized spacial score (nSPS) is 10.5. The molecule has 0 aliphatic rings. The molecule has 2 aromatic heterocycles. The Morgan fingerprint density at radius 1 is 1.40 bits per heavy atom. The number of imidazole rings is 1. The van der Waals surface area contributed by atoms with E-state index in [0.717, 1.165) is 30.1 Å². The van der Waals surface area contributed by atoms with Gasteiger partial charge in [-0.05, 0) is 6.42 Å². The Labute approximate surface area is 120 Å². The molecule has 106 valence electrons. The molecule has 0 bridgehead atoms. The predicted molar refractivity (Wildman–Crippen MR) is 75.8 cm³/mol. The Hall–Kier alpha value is -2.02. The average Bonchev–Trinajstić information content (AvgIpc) is 3.05. The van der Waals surface area contributed by atoms with Crippen molar-refractivity contribution in [2.24, 2.45) is 0 Å². The molecular weight excluding hydrogens is 276 g/mol. The van der Waals surface area contributed by atoms with E-state index in [0.29, 0.717) is 16.4 Å². The van der Waals surface area contributed by atoms with Crippen LogP contribution in [-0.2, 0) is 13.1 Å². The summed E-state index contributed by atoms with van der Waals surface area (Å²) < 4.78 is 2.01. The van der Waals surface area contributed by atoms with E-state index in [1.807, 2.05) is 10.8 Å². The first-order valence-corrected chi connectivity index (χ1v) is 7.18. The van der Waals surface area contributed by atoms with E-state index in [2.05, 4.69) is 22.2 Å². The zero-order valence-corrected chi connectivity index (χ0v) is 12.2. The van der Waals surface area contributed by atoms with Gasteiger partial charge in [0, 0.05) is 25.9 Å². The average molecular weight is 292 g/mol. The van der Waals surface area contributed by atoms with E-state index in [1.165, 1.54) is 13.1 Å². The van der Waals surface area contributed by atoms with Crippen LogP contribution in [0.4, 0.5) is 0 Å². The van der Waals surface area contributed by atoms with Gasteiger partial charge in [-0.25, -0.2) is 9.97 Å². The lowest BCUT2D eigenvalue weighted by Gasteiger charge is -2.06. The van der Waals surface area contributed by atoms with Gasteiger partial charge in [-0.2, -0.15) is 0 Å². The first-order valence-electron chi connectivity index (χ1n) is 6.36. The van der Waals surface area contributed by atoms with Gasteiger partial charge in [0.15, 0.2) is 10.8 Å². The number of Topliss-reactive ketones (excluding diaryl/α,β-unsaturated/α-hetero) is 1. The smallest absolute Gasteiger partial charge is 0.263 e. The summed E-state index contributed by atoms with van der Waals surface area (Å²) in [6, 6.07) is 0. The van der Waals surface area contributed by atoms with Crippen LogP contribution in [0, 0.1) is 0 Å². The summed E-state index contributed by atoms with van der Waals surface area (Å²) in [5.41, 5.74) is 0. The van der Waals surface area contributed by atoms with Crippen LogP contribution in [0.2, 0.25) is 0 Å². The van der Waals surface area contributed by atoms with Gasteiger partial charge in [0.25, 0.3) is 5.91 Å².